The molecule has 0 bridgehead atoms. The Morgan fingerprint density at radius 1 is 1.11 bits per heavy atom. The second kappa shape index (κ2) is 4.53. The minimum atomic E-state index is -3.31. The van der Waals surface area contributed by atoms with Crippen molar-refractivity contribution in [2.24, 2.45) is 0 Å². The van der Waals surface area contributed by atoms with Gasteiger partial charge in [-0.3, -0.25) is 4.79 Å². The zero-order valence-electron chi connectivity index (χ0n) is 10.3. The van der Waals surface area contributed by atoms with E-state index in [-0.39, 0.29) is 5.56 Å². The van der Waals surface area contributed by atoms with Crippen LogP contribution in [0.2, 0.25) is 0 Å². The number of Topliss-reactive ketones (excluding diaryl/α,β-unsaturated/α-hetero) is 1. The van der Waals surface area contributed by atoms with Gasteiger partial charge in [0.15, 0.2) is 9.84 Å². The fourth-order valence-corrected chi connectivity index (χ4v) is 1.92. The Kier molecular flexibility index (Phi) is 3.62. The number of carboxylic acids is 1. The molecule has 0 unspecified atom stereocenters. The van der Waals surface area contributed by atoms with Crippen molar-refractivity contribution in [3.63, 3.8) is 0 Å². The smallest absolute Gasteiger partial charge is 0.377 e. The molecule has 6 heteroatoms. The third-order valence-corrected chi connectivity index (χ3v) is 5.05. The minimum Gasteiger partial charge on any atom is -0.475 e. The van der Waals surface area contributed by atoms with Crippen LogP contribution in [-0.4, -0.2) is 31.5 Å². The Bertz CT molecular complexity index is 581. The van der Waals surface area contributed by atoms with Crippen molar-refractivity contribution in [3.8, 4) is 0 Å². The maximum absolute atomic E-state index is 11.6. The zero-order valence-corrected chi connectivity index (χ0v) is 11.1. The summed E-state index contributed by atoms with van der Waals surface area (Å²) in [5.74, 6) is -2.55. The Morgan fingerprint density at radius 3 is 1.89 bits per heavy atom. The number of rotatable bonds is 4. The number of sulfone groups is 1. The molecule has 1 N–H and O–H groups in total. The topological polar surface area (TPSA) is 88.5 Å². The van der Waals surface area contributed by atoms with Gasteiger partial charge in [-0.1, -0.05) is 24.3 Å². The molecule has 0 aliphatic carbocycles. The number of carbonyl (C=O) groups excluding carboxylic acids is 1. The lowest BCUT2D eigenvalue weighted by Crippen LogP contribution is -2.28. The van der Waals surface area contributed by atoms with Gasteiger partial charge in [0.05, 0.1) is 4.75 Å². The Labute approximate surface area is 105 Å². The fourth-order valence-electron chi connectivity index (χ4n) is 1.36. The van der Waals surface area contributed by atoms with E-state index in [0.717, 1.165) is 6.26 Å². The van der Waals surface area contributed by atoms with Crippen molar-refractivity contribution in [3.05, 3.63) is 35.4 Å². The first-order valence-corrected chi connectivity index (χ1v) is 7.04. The van der Waals surface area contributed by atoms with Crippen molar-refractivity contribution in [1.29, 1.82) is 0 Å². The first kappa shape index (κ1) is 14.4. The molecule has 0 amide bonds. The quantitative estimate of drug-likeness (QED) is 0.656. The van der Waals surface area contributed by atoms with Crippen LogP contribution >= 0.6 is 0 Å². The van der Waals surface area contributed by atoms with E-state index in [1.54, 1.807) is 13.8 Å². The van der Waals surface area contributed by atoms with Crippen LogP contribution in [0.3, 0.4) is 0 Å². The van der Waals surface area contributed by atoms with E-state index in [4.69, 9.17) is 5.11 Å². The number of hydrogen-bond acceptors (Lipinski definition) is 4. The highest BCUT2D eigenvalue weighted by Crippen LogP contribution is 2.28. The summed E-state index contributed by atoms with van der Waals surface area (Å²) in [5.41, 5.74) is 0.530. The summed E-state index contributed by atoms with van der Waals surface area (Å²) in [6.07, 6.45) is 1.13. The molecule has 0 heterocycles. The number of carboxylic acid groups (broad SMARTS) is 1. The lowest BCUT2D eigenvalue weighted by atomic mass is 9.99. The molecular weight excluding hydrogens is 256 g/mol. The van der Waals surface area contributed by atoms with Gasteiger partial charge < -0.3 is 5.11 Å². The zero-order chi connectivity index (χ0) is 14.1. The van der Waals surface area contributed by atoms with Crippen LogP contribution in [0.1, 0.15) is 29.8 Å². The molecule has 1 rings (SSSR count). The molecule has 0 atom stereocenters. The summed E-state index contributed by atoms with van der Waals surface area (Å²) in [6, 6.07) is 5.55. The lowest BCUT2D eigenvalue weighted by molar-refractivity contribution is -0.131. The minimum absolute atomic E-state index is 0.0237. The molecule has 5 nitrogen and oxygen atoms in total. The standard InChI is InChI=1S/C12H14O5S/c1-12(2,18(3,16)17)9-6-4-8(5-7-9)10(13)11(14)15/h4-7H,1-3H3,(H,14,15). The van der Waals surface area contributed by atoms with Gasteiger partial charge in [0.2, 0.25) is 0 Å². The summed E-state index contributed by atoms with van der Waals surface area (Å²) >= 11 is 0. The van der Waals surface area contributed by atoms with Crippen LogP contribution in [0.25, 0.3) is 0 Å². The highest BCUT2D eigenvalue weighted by atomic mass is 32.2. The summed E-state index contributed by atoms with van der Waals surface area (Å²) in [6.45, 7) is 3.10. The van der Waals surface area contributed by atoms with Crippen LogP contribution in [0.15, 0.2) is 24.3 Å². The third kappa shape index (κ3) is 2.59. The van der Waals surface area contributed by atoms with Crippen LogP contribution < -0.4 is 0 Å². The molecular formula is C12H14O5S. The first-order chi connectivity index (χ1) is 8.07. The van der Waals surface area contributed by atoms with Gasteiger partial charge >= 0.3 is 5.97 Å². The van der Waals surface area contributed by atoms with E-state index in [9.17, 15) is 18.0 Å². The summed E-state index contributed by atoms with van der Waals surface area (Å²) in [4.78, 5) is 21.7. The van der Waals surface area contributed by atoms with Gasteiger partial charge in [-0.15, -0.1) is 0 Å². The average Bonchev–Trinajstić information content (AvgIpc) is 2.26. The van der Waals surface area contributed by atoms with Crippen molar-refractivity contribution in [1.82, 2.24) is 0 Å². The van der Waals surface area contributed by atoms with Gasteiger partial charge in [-0.05, 0) is 19.4 Å². The number of benzene rings is 1. The molecule has 1 aromatic rings. The van der Waals surface area contributed by atoms with Crippen LogP contribution in [0.4, 0.5) is 0 Å². The van der Waals surface area contributed by atoms with Crippen molar-refractivity contribution in [2.45, 2.75) is 18.6 Å². The predicted molar refractivity (Wildman–Crippen MR) is 66.3 cm³/mol. The van der Waals surface area contributed by atoms with Crippen molar-refractivity contribution >= 4 is 21.6 Å². The van der Waals surface area contributed by atoms with E-state index in [2.05, 4.69) is 0 Å². The second-order valence-electron chi connectivity index (χ2n) is 4.49. The Morgan fingerprint density at radius 2 is 1.56 bits per heavy atom. The number of carbonyl (C=O) groups is 2. The Hall–Kier alpha value is -1.69. The molecule has 0 aliphatic rings. The van der Waals surface area contributed by atoms with E-state index in [0.29, 0.717) is 5.56 Å². The van der Waals surface area contributed by atoms with E-state index >= 15 is 0 Å². The van der Waals surface area contributed by atoms with Gasteiger partial charge in [-0.2, -0.15) is 0 Å². The molecule has 0 fully saturated rings. The molecule has 18 heavy (non-hydrogen) atoms. The molecule has 98 valence electrons. The summed E-state index contributed by atoms with van der Waals surface area (Å²) in [5, 5.41) is 8.55. The monoisotopic (exact) mass is 270 g/mol. The maximum Gasteiger partial charge on any atom is 0.377 e. The molecule has 0 spiro atoms. The second-order valence-corrected chi connectivity index (χ2v) is 7.06. The molecule has 0 radical (unpaired) electrons. The van der Waals surface area contributed by atoms with Gasteiger partial charge in [-0.25, -0.2) is 13.2 Å². The number of aliphatic carboxylic acids is 1. The molecule has 0 saturated heterocycles. The average molecular weight is 270 g/mol. The summed E-state index contributed by atoms with van der Waals surface area (Å²) < 4.78 is 22.2. The molecule has 0 saturated carbocycles. The van der Waals surface area contributed by atoms with E-state index in [1.807, 2.05) is 0 Å². The van der Waals surface area contributed by atoms with Crippen molar-refractivity contribution < 1.29 is 23.1 Å². The van der Waals surface area contributed by atoms with Gasteiger partial charge in [0, 0.05) is 11.8 Å². The highest BCUT2D eigenvalue weighted by molar-refractivity contribution is 7.91. The molecule has 0 aromatic heterocycles. The molecule has 0 aliphatic heterocycles. The van der Waals surface area contributed by atoms with E-state index in [1.165, 1.54) is 24.3 Å². The van der Waals surface area contributed by atoms with Gasteiger partial charge in [0.1, 0.15) is 0 Å². The van der Waals surface area contributed by atoms with Crippen LogP contribution in [0.5, 0.6) is 0 Å². The van der Waals surface area contributed by atoms with Crippen LogP contribution in [-0.2, 0) is 19.4 Å². The first-order valence-electron chi connectivity index (χ1n) is 5.15. The Balaban J connectivity index is 3.19. The predicted octanol–water partition coefficient (Wildman–Crippen LogP) is 1.23. The largest absolute Gasteiger partial charge is 0.475 e. The normalized spacial score (nSPS) is 12.2. The van der Waals surface area contributed by atoms with Crippen LogP contribution in [0, 0.1) is 0 Å². The lowest BCUT2D eigenvalue weighted by Gasteiger charge is -2.23. The third-order valence-electron chi connectivity index (χ3n) is 2.96. The van der Waals surface area contributed by atoms with Gasteiger partial charge in [0.25, 0.3) is 5.78 Å². The molecule has 1 aromatic carbocycles. The van der Waals surface area contributed by atoms with Crippen molar-refractivity contribution in [2.75, 3.05) is 6.26 Å². The highest BCUT2D eigenvalue weighted by Gasteiger charge is 2.32. The number of hydrogen-bond donors (Lipinski definition) is 1. The maximum atomic E-state index is 11.6. The van der Waals surface area contributed by atoms with E-state index < -0.39 is 26.3 Å². The SMILES string of the molecule is CC(C)(c1ccc(C(=O)C(=O)O)cc1)S(C)(=O)=O. The summed E-state index contributed by atoms with van der Waals surface area (Å²) in [7, 11) is -3.31. The number of ketones is 1. The fraction of sp³-hybridized carbons (Fsp3) is 0.333.